The molecule has 0 radical (unpaired) electrons. The van der Waals surface area contributed by atoms with E-state index >= 15 is 0 Å². The van der Waals surface area contributed by atoms with Crippen molar-refractivity contribution in [3.63, 3.8) is 0 Å². The number of carbonyl (C=O) groups is 1. The van der Waals surface area contributed by atoms with Crippen LogP contribution in [0.5, 0.6) is 0 Å². The summed E-state index contributed by atoms with van der Waals surface area (Å²) in [7, 11) is 0. The molecular formula is C13H26N2O2. The maximum Gasteiger partial charge on any atom is 0.407 e. The largest absolute Gasteiger partial charge is 0.444 e. The van der Waals surface area contributed by atoms with E-state index in [0.717, 1.165) is 19.5 Å². The van der Waals surface area contributed by atoms with Crippen molar-refractivity contribution in [3.8, 4) is 0 Å². The summed E-state index contributed by atoms with van der Waals surface area (Å²) in [5, 5.41) is 6.35. The maximum absolute atomic E-state index is 11.8. The van der Waals surface area contributed by atoms with E-state index < -0.39 is 5.60 Å². The van der Waals surface area contributed by atoms with Crippen molar-refractivity contribution in [1.82, 2.24) is 10.6 Å². The first-order valence-corrected chi connectivity index (χ1v) is 6.50. The molecule has 0 bridgehead atoms. The van der Waals surface area contributed by atoms with Crippen LogP contribution in [0.1, 0.15) is 41.0 Å². The fraction of sp³-hybridized carbons (Fsp3) is 0.923. The second-order valence-electron chi connectivity index (χ2n) is 6.17. The Hall–Kier alpha value is -0.770. The van der Waals surface area contributed by atoms with Crippen LogP contribution < -0.4 is 10.6 Å². The van der Waals surface area contributed by atoms with Crippen molar-refractivity contribution >= 4 is 6.09 Å². The number of hydrogen-bond donors (Lipinski definition) is 2. The first-order chi connectivity index (χ1) is 7.79. The molecule has 0 aliphatic carbocycles. The van der Waals surface area contributed by atoms with Gasteiger partial charge in [0, 0.05) is 6.04 Å². The predicted octanol–water partition coefficient (Wildman–Crippen LogP) is 2.15. The molecule has 1 aliphatic rings. The van der Waals surface area contributed by atoms with Crippen LogP contribution in [0.3, 0.4) is 0 Å². The molecule has 0 saturated carbocycles. The molecule has 1 fully saturated rings. The van der Waals surface area contributed by atoms with E-state index in [9.17, 15) is 4.79 Å². The molecule has 1 rings (SSSR count). The van der Waals surface area contributed by atoms with Gasteiger partial charge in [0.05, 0.1) is 0 Å². The number of alkyl carbamates (subject to hydrolysis) is 1. The van der Waals surface area contributed by atoms with Gasteiger partial charge in [0.1, 0.15) is 5.60 Å². The minimum absolute atomic E-state index is 0.194. The Morgan fingerprint density at radius 3 is 2.47 bits per heavy atom. The highest BCUT2D eigenvalue weighted by atomic mass is 16.6. The fourth-order valence-electron chi connectivity index (χ4n) is 2.26. The predicted molar refractivity (Wildman–Crippen MR) is 69.0 cm³/mol. The highest BCUT2D eigenvalue weighted by molar-refractivity contribution is 5.68. The molecule has 100 valence electrons. The summed E-state index contributed by atoms with van der Waals surface area (Å²) < 4.78 is 5.31. The average molecular weight is 242 g/mol. The third-order valence-electron chi connectivity index (χ3n) is 3.01. The molecule has 0 aromatic heterocycles. The summed E-state index contributed by atoms with van der Waals surface area (Å²) in [4.78, 5) is 11.8. The number of rotatable bonds is 3. The van der Waals surface area contributed by atoms with Gasteiger partial charge in [-0.25, -0.2) is 4.79 Å². The van der Waals surface area contributed by atoms with Crippen molar-refractivity contribution in [3.05, 3.63) is 0 Å². The summed E-state index contributed by atoms with van der Waals surface area (Å²) in [6.45, 7) is 12.0. The van der Waals surface area contributed by atoms with Crippen LogP contribution in [-0.2, 0) is 4.74 Å². The van der Waals surface area contributed by atoms with Gasteiger partial charge in [-0.15, -0.1) is 0 Å². The Bertz CT molecular complexity index is 253. The number of hydrogen-bond acceptors (Lipinski definition) is 3. The van der Waals surface area contributed by atoms with Crippen LogP contribution in [0.15, 0.2) is 0 Å². The maximum atomic E-state index is 11.8. The van der Waals surface area contributed by atoms with Gasteiger partial charge < -0.3 is 15.4 Å². The Labute approximate surface area is 104 Å². The van der Waals surface area contributed by atoms with E-state index in [0.29, 0.717) is 11.8 Å². The zero-order chi connectivity index (χ0) is 13.1. The molecule has 17 heavy (non-hydrogen) atoms. The van der Waals surface area contributed by atoms with Crippen LogP contribution in [0, 0.1) is 11.8 Å². The smallest absolute Gasteiger partial charge is 0.407 e. The van der Waals surface area contributed by atoms with Gasteiger partial charge >= 0.3 is 6.09 Å². The fourth-order valence-corrected chi connectivity index (χ4v) is 2.26. The van der Waals surface area contributed by atoms with E-state index in [4.69, 9.17) is 4.74 Å². The molecule has 2 atom stereocenters. The van der Waals surface area contributed by atoms with E-state index in [1.54, 1.807) is 0 Å². The number of nitrogens with one attached hydrogen (secondary N) is 2. The normalized spacial score (nSPS) is 22.6. The van der Waals surface area contributed by atoms with Crippen molar-refractivity contribution in [2.24, 2.45) is 11.8 Å². The number of amides is 1. The standard InChI is InChI=1S/C13H26N2O2/c1-9(2)11(10-6-7-14-8-10)15-12(16)17-13(3,4)5/h9-11,14H,6-8H2,1-5H3,(H,15,16). The van der Waals surface area contributed by atoms with Crippen LogP contribution in [0.4, 0.5) is 4.79 Å². The third kappa shape index (κ3) is 4.94. The topological polar surface area (TPSA) is 50.4 Å². The van der Waals surface area contributed by atoms with Crippen molar-refractivity contribution in [2.45, 2.75) is 52.7 Å². The molecule has 2 unspecified atom stereocenters. The molecule has 1 saturated heterocycles. The van der Waals surface area contributed by atoms with E-state index in [1.807, 2.05) is 20.8 Å². The lowest BCUT2D eigenvalue weighted by Gasteiger charge is -2.29. The molecule has 0 spiro atoms. The van der Waals surface area contributed by atoms with Gasteiger partial charge in [-0.05, 0) is 52.1 Å². The van der Waals surface area contributed by atoms with Gasteiger partial charge in [0.2, 0.25) is 0 Å². The molecule has 1 amide bonds. The SMILES string of the molecule is CC(C)C(NC(=O)OC(C)(C)C)C1CCNC1. The molecule has 1 aliphatic heterocycles. The zero-order valence-corrected chi connectivity index (χ0v) is 11.7. The van der Waals surface area contributed by atoms with Crippen molar-refractivity contribution < 1.29 is 9.53 Å². The lowest BCUT2D eigenvalue weighted by molar-refractivity contribution is 0.0469. The Morgan fingerprint density at radius 1 is 1.41 bits per heavy atom. The van der Waals surface area contributed by atoms with Gasteiger partial charge in [0.15, 0.2) is 0 Å². The molecule has 4 nitrogen and oxygen atoms in total. The van der Waals surface area contributed by atoms with Gasteiger partial charge in [-0.1, -0.05) is 13.8 Å². The van der Waals surface area contributed by atoms with Crippen LogP contribution >= 0.6 is 0 Å². The second-order valence-corrected chi connectivity index (χ2v) is 6.17. The van der Waals surface area contributed by atoms with E-state index in [-0.39, 0.29) is 12.1 Å². The lowest BCUT2D eigenvalue weighted by atomic mass is 9.90. The van der Waals surface area contributed by atoms with E-state index in [1.165, 1.54) is 0 Å². The highest BCUT2D eigenvalue weighted by Crippen LogP contribution is 2.19. The minimum atomic E-state index is -0.431. The molecule has 2 N–H and O–H groups in total. The summed E-state index contributed by atoms with van der Waals surface area (Å²) >= 11 is 0. The number of ether oxygens (including phenoxy) is 1. The quantitative estimate of drug-likeness (QED) is 0.797. The van der Waals surface area contributed by atoms with Gasteiger partial charge in [-0.2, -0.15) is 0 Å². The highest BCUT2D eigenvalue weighted by Gasteiger charge is 2.29. The third-order valence-corrected chi connectivity index (χ3v) is 3.01. The van der Waals surface area contributed by atoms with Crippen molar-refractivity contribution in [1.29, 1.82) is 0 Å². The summed E-state index contributed by atoms with van der Waals surface area (Å²) in [5.41, 5.74) is -0.431. The van der Waals surface area contributed by atoms with Gasteiger partial charge in [-0.3, -0.25) is 0 Å². The zero-order valence-electron chi connectivity index (χ0n) is 11.7. The minimum Gasteiger partial charge on any atom is -0.444 e. The van der Waals surface area contributed by atoms with E-state index in [2.05, 4.69) is 24.5 Å². The Morgan fingerprint density at radius 2 is 2.06 bits per heavy atom. The Balaban J connectivity index is 2.52. The summed E-state index contributed by atoms with van der Waals surface area (Å²) in [6, 6.07) is 0.194. The van der Waals surface area contributed by atoms with Crippen LogP contribution in [-0.4, -0.2) is 30.8 Å². The summed E-state index contributed by atoms with van der Waals surface area (Å²) in [5.74, 6) is 0.940. The van der Waals surface area contributed by atoms with Gasteiger partial charge in [0.25, 0.3) is 0 Å². The molecule has 4 heteroatoms. The first kappa shape index (κ1) is 14.3. The lowest BCUT2D eigenvalue weighted by Crippen LogP contribution is -2.46. The molecule has 0 aromatic rings. The number of carbonyl (C=O) groups excluding carboxylic acids is 1. The molecular weight excluding hydrogens is 216 g/mol. The monoisotopic (exact) mass is 242 g/mol. The first-order valence-electron chi connectivity index (χ1n) is 6.50. The Kier molecular flexibility index (Phi) is 4.80. The van der Waals surface area contributed by atoms with Crippen LogP contribution in [0.2, 0.25) is 0 Å². The average Bonchev–Trinajstić information content (AvgIpc) is 2.63. The second kappa shape index (κ2) is 5.71. The van der Waals surface area contributed by atoms with Crippen molar-refractivity contribution in [2.75, 3.05) is 13.1 Å². The summed E-state index contributed by atoms with van der Waals surface area (Å²) in [6.07, 6.45) is 0.821. The molecule has 0 aromatic carbocycles. The van der Waals surface area contributed by atoms with Crippen LogP contribution in [0.25, 0.3) is 0 Å². The molecule has 1 heterocycles.